The number of H-pyrrole nitrogens is 1. The summed E-state index contributed by atoms with van der Waals surface area (Å²) in [6, 6.07) is 9.75. The Hall–Kier alpha value is -2.38. The molecule has 0 amide bonds. The zero-order valence-electron chi connectivity index (χ0n) is 16.6. The van der Waals surface area contributed by atoms with Crippen molar-refractivity contribution in [1.29, 1.82) is 0 Å². The fraction of sp³-hybridized carbons (Fsp3) is 0.524. The molecule has 1 aliphatic carbocycles. The van der Waals surface area contributed by atoms with Crippen LogP contribution >= 0.6 is 0 Å². The van der Waals surface area contributed by atoms with Gasteiger partial charge in [-0.2, -0.15) is 0 Å². The number of rotatable bonds is 11. The fourth-order valence-corrected chi connectivity index (χ4v) is 2.81. The SMILES string of the molecule is C[C@@H](NCCCOCn1ccc(=O)[nH]c1=O)c1cccc(OCC2(C)CC2)c1. The molecular formula is C21H29N3O4. The molecule has 0 spiro atoms. The molecular weight excluding hydrogens is 358 g/mol. The van der Waals surface area contributed by atoms with Crippen molar-refractivity contribution in [2.45, 2.75) is 45.9 Å². The first-order valence-electron chi connectivity index (χ1n) is 9.79. The van der Waals surface area contributed by atoms with Crippen molar-refractivity contribution in [2.24, 2.45) is 5.41 Å². The summed E-state index contributed by atoms with van der Waals surface area (Å²) < 4.78 is 12.8. The number of ether oxygens (including phenoxy) is 2. The first kappa shape index (κ1) is 20.4. The van der Waals surface area contributed by atoms with Crippen molar-refractivity contribution in [3.05, 3.63) is 62.9 Å². The molecule has 1 fully saturated rings. The van der Waals surface area contributed by atoms with Gasteiger partial charge in [0.2, 0.25) is 0 Å². The zero-order valence-corrected chi connectivity index (χ0v) is 16.6. The summed E-state index contributed by atoms with van der Waals surface area (Å²) in [6.45, 7) is 6.62. The van der Waals surface area contributed by atoms with E-state index < -0.39 is 11.2 Å². The third-order valence-electron chi connectivity index (χ3n) is 5.09. The fourth-order valence-electron chi connectivity index (χ4n) is 2.81. The van der Waals surface area contributed by atoms with Crippen LogP contribution in [-0.4, -0.2) is 29.3 Å². The van der Waals surface area contributed by atoms with Gasteiger partial charge in [-0.05, 0) is 50.4 Å². The number of hydrogen-bond donors (Lipinski definition) is 2. The Labute approximate surface area is 164 Å². The average Bonchev–Trinajstić information content (AvgIpc) is 3.42. The lowest BCUT2D eigenvalue weighted by Crippen LogP contribution is -2.29. The molecule has 1 aromatic carbocycles. The number of benzene rings is 1. The van der Waals surface area contributed by atoms with Crippen LogP contribution in [-0.2, 0) is 11.5 Å². The predicted molar refractivity (Wildman–Crippen MR) is 108 cm³/mol. The topological polar surface area (TPSA) is 85.4 Å². The lowest BCUT2D eigenvalue weighted by Gasteiger charge is -2.16. The molecule has 1 aromatic heterocycles. The van der Waals surface area contributed by atoms with Gasteiger partial charge in [-0.1, -0.05) is 19.1 Å². The second-order valence-corrected chi connectivity index (χ2v) is 7.82. The summed E-state index contributed by atoms with van der Waals surface area (Å²) in [7, 11) is 0. The maximum absolute atomic E-state index is 11.5. The average molecular weight is 387 g/mol. The van der Waals surface area contributed by atoms with E-state index >= 15 is 0 Å². The van der Waals surface area contributed by atoms with Crippen molar-refractivity contribution >= 4 is 0 Å². The summed E-state index contributed by atoms with van der Waals surface area (Å²) in [5, 5.41) is 3.48. The summed E-state index contributed by atoms with van der Waals surface area (Å²) in [4.78, 5) is 24.8. The van der Waals surface area contributed by atoms with E-state index in [0.29, 0.717) is 12.0 Å². The van der Waals surface area contributed by atoms with E-state index in [1.165, 1.54) is 35.2 Å². The van der Waals surface area contributed by atoms with E-state index in [4.69, 9.17) is 9.47 Å². The first-order chi connectivity index (χ1) is 13.5. The largest absolute Gasteiger partial charge is 0.493 e. The van der Waals surface area contributed by atoms with Crippen molar-refractivity contribution in [3.63, 3.8) is 0 Å². The van der Waals surface area contributed by atoms with Gasteiger partial charge in [0.25, 0.3) is 5.56 Å². The monoisotopic (exact) mass is 387 g/mol. The molecule has 0 unspecified atom stereocenters. The van der Waals surface area contributed by atoms with Crippen LogP contribution < -0.4 is 21.3 Å². The highest BCUT2D eigenvalue weighted by atomic mass is 16.5. The van der Waals surface area contributed by atoms with Crippen molar-refractivity contribution < 1.29 is 9.47 Å². The first-order valence-corrected chi connectivity index (χ1v) is 9.79. The van der Waals surface area contributed by atoms with Gasteiger partial charge in [0, 0.05) is 23.7 Å². The van der Waals surface area contributed by atoms with Crippen LogP contribution in [0.5, 0.6) is 5.75 Å². The normalized spacial score (nSPS) is 15.9. The van der Waals surface area contributed by atoms with Gasteiger partial charge in [0.1, 0.15) is 12.5 Å². The quantitative estimate of drug-likeness (QED) is 0.579. The summed E-state index contributed by atoms with van der Waals surface area (Å²) >= 11 is 0. The molecule has 7 nitrogen and oxygen atoms in total. The summed E-state index contributed by atoms with van der Waals surface area (Å²) in [5.74, 6) is 0.925. The van der Waals surface area contributed by atoms with Gasteiger partial charge in [-0.3, -0.25) is 14.3 Å². The Morgan fingerprint density at radius 1 is 1.29 bits per heavy atom. The second-order valence-electron chi connectivity index (χ2n) is 7.82. The van der Waals surface area contributed by atoms with Gasteiger partial charge in [-0.15, -0.1) is 0 Å². The minimum atomic E-state index is -0.461. The lowest BCUT2D eigenvalue weighted by molar-refractivity contribution is 0.0716. The maximum Gasteiger partial charge on any atom is 0.330 e. The van der Waals surface area contributed by atoms with Crippen LogP contribution in [0.15, 0.2) is 46.1 Å². The number of nitrogens with one attached hydrogen (secondary N) is 2. The number of nitrogens with zero attached hydrogens (tertiary/aromatic N) is 1. The molecule has 0 saturated heterocycles. The molecule has 0 bridgehead atoms. The van der Waals surface area contributed by atoms with Crippen molar-refractivity contribution in [3.8, 4) is 5.75 Å². The highest BCUT2D eigenvalue weighted by Gasteiger charge is 2.38. The Morgan fingerprint density at radius 3 is 2.86 bits per heavy atom. The molecule has 28 heavy (non-hydrogen) atoms. The van der Waals surface area contributed by atoms with Crippen LogP contribution in [0.4, 0.5) is 0 Å². The molecule has 3 rings (SSSR count). The van der Waals surface area contributed by atoms with Crippen molar-refractivity contribution in [2.75, 3.05) is 19.8 Å². The minimum Gasteiger partial charge on any atom is -0.493 e. The standard InChI is InChI=1S/C21H29N3O4/c1-16(17-5-3-6-18(13-17)28-14-21(2)8-9-21)22-10-4-12-27-15-24-11-7-19(25)23-20(24)26/h3,5-7,11,13,16,22H,4,8-10,12,14-15H2,1-2H3,(H,23,25,26)/t16-/m1/s1. The predicted octanol–water partition coefficient (Wildman–Crippen LogP) is 2.43. The number of aromatic nitrogens is 2. The van der Waals surface area contributed by atoms with Crippen LogP contribution in [0.25, 0.3) is 0 Å². The van der Waals surface area contributed by atoms with E-state index in [2.05, 4.69) is 36.3 Å². The van der Waals surface area contributed by atoms with E-state index in [1.807, 2.05) is 12.1 Å². The second kappa shape index (κ2) is 9.21. The van der Waals surface area contributed by atoms with Gasteiger partial charge in [0.15, 0.2) is 0 Å². The summed E-state index contributed by atoms with van der Waals surface area (Å²) in [5.41, 5.74) is 0.701. The molecule has 152 valence electrons. The molecule has 1 aliphatic rings. The van der Waals surface area contributed by atoms with Crippen LogP contribution in [0, 0.1) is 5.41 Å². The molecule has 7 heteroatoms. The van der Waals surface area contributed by atoms with E-state index in [1.54, 1.807) is 0 Å². The molecule has 1 heterocycles. The van der Waals surface area contributed by atoms with Crippen LogP contribution in [0.3, 0.4) is 0 Å². The molecule has 0 aliphatic heterocycles. The molecule has 1 atom stereocenters. The maximum atomic E-state index is 11.5. The van der Waals surface area contributed by atoms with E-state index in [-0.39, 0.29) is 12.8 Å². The van der Waals surface area contributed by atoms with Gasteiger partial charge < -0.3 is 14.8 Å². The molecule has 2 N–H and O–H groups in total. The summed E-state index contributed by atoms with van der Waals surface area (Å²) in [6.07, 6.45) is 4.75. The van der Waals surface area contributed by atoms with Crippen molar-refractivity contribution in [1.82, 2.24) is 14.9 Å². The van der Waals surface area contributed by atoms with Gasteiger partial charge in [0.05, 0.1) is 13.2 Å². The molecule has 0 radical (unpaired) electrons. The lowest BCUT2D eigenvalue weighted by atomic mass is 10.1. The Kier molecular flexibility index (Phi) is 6.70. The third-order valence-corrected chi connectivity index (χ3v) is 5.09. The number of aromatic amines is 1. The molecule has 1 saturated carbocycles. The van der Waals surface area contributed by atoms with Gasteiger partial charge >= 0.3 is 5.69 Å². The minimum absolute atomic E-state index is 0.128. The van der Waals surface area contributed by atoms with E-state index in [9.17, 15) is 9.59 Å². The zero-order chi connectivity index (χ0) is 20.0. The van der Waals surface area contributed by atoms with Crippen LogP contribution in [0.1, 0.15) is 44.7 Å². The number of hydrogen-bond acceptors (Lipinski definition) is 5. The smallest absolute Gasteiger partial charge is 0.330 e. The van der Waals surface area contributed by atoms with Gasteiger partial charge in [-0.25, -0.2) is 4.79 Å². The highest BCUT2D eigenvalue weighted by Crippen LogP contribution is 2.45. The molecule has 2 aromatic rings. The van der Waals surface area contributed by atoms with Crippen LogP contribution in [0.2, 0.25) is 0 Å². The Bertz CT molecular complexity index is 885. The Morgan fingerprint density at radius 2 is 2.11 bits per heavy atom. The Balaban J connectivity index is 1.35. The highest BCUT2D eigenvalue weighted by molar-refractivity contribution is 5.30. The third kappa shape index (κ3) is 6.07. The van der Waals surface area contributed by atoms with E-state index in [0.717, 1.165) is 25.3 Å².